The van der Waals surface area contributed by atoms with Crippen LogP contribution in [-0.4, -0.2) is 88.8 Å². The van der Waals surface area contributed by atoms with E-state index < -0.39 is 6.10 Å². The lowest BCUT2D eigenvalue weighted by Gasteiger charge is -2.39. The number of methoxy groups -OCH3 is 2. The van der Waals surface area contributed by atoms with Crippen LogP contribution in [0.5, 0.6) is 5.75 Å². The summed E-state index contributed by atoms with van der Waals surface area (Å²) in [5.41, 5.74) is 3.88. The fraction of sp³-hybridized carbons (Fsp3) is 0.613. The molecular formula is C31H48N2O7. The average Bonchev–Trinajstić information content (AvgIpc) is 2.97. The predicted octanol–water partition coefficient (Wildman–Crippen LogP) is 3.82. The van der Waals surface area contributed by atoms with Gasteiger partial charge in [0.05, 0.1) is 57.0 Å². The standard InChI is InChI=1S/C31H48N2O7/c1-4-6-26(34)22-40-30-19-32-18-29(31(30)25-10-7-23(8-11-25)20-38-16-15-37-3)39-21-24-9-12-28(35)27(17-24)33-13-5-14-36-2/h7-12,17,26,29-35H,4-6,13-16,18-22H2,1-3H3/t26?,29-,30+,31+/m0/s1. The number of rotatable bonds is 19. The van der Waals surface area contributed by atoms with Gasteiger partial charge in [0.1, 0.15) is 5.75 Å². The second kappa shape index (κ2) is 18.2. The van der Waals surface area contributed by atoms with E-state index in [1.807, 2.05) is 12.1 Å². The SMILES string of the molecule is CCCC(O)CO[C@@H]1CNC[C@H](OCc2ccc(O)c(NCCCOC)c2)[C@H]1c1ccc(COCCOC)cc1. The molecule has 4 atom stereocenters. The zero-order valence-corrected chi connectivity index (χ0v) is 24.3. The lowest BCUT2D eigenvalue weighted by molar-refractivity contribution is -0.0783. The molecule has 0 spiro atoms. The number of benzene rings is 2. The van der Waals surface area contributed by atoms with E-state index in [0.29, 0.717) is 71.4 Å². The predicted molar refractivity (Wildman–Crippen MR) is 156 cm³/mol. The fourth-order valence-electron chi connectivity index (χ4n) is 4.89. The van der Waals surface area contributed by atoms with Crippen LogP contribution < -0.4 is 10.6 Å². The maximum atomic E-state index is 10.3. The molecule has 1 aliphatic rings. The molecule has 0 radical (unpaired) electrons. The number of aromatic hydroxyl groups is 1. The van der Waals surface area contributed by atoms with Crippen molar-refractivity contribution in [2.24, 2.45) is 0 Å². The Balaban J connectivity index is 1.70. The number of nitrogens with one attached hydrogen (secondary N) is 2. The highest BCUT2D eigenvalue weighted by molar-refractivity contribution is 5.57. The van der Waals surface area contributed by atoms with E-state index in [9.17, 15) is 10.2 Å². The molecule has 0 aromatic heterocycles. The van der Waals surface area contributed by atoms with Gasteiger partial charge in [0.2, 0.25) is 0 Å². The molecule has 2 aromatic rings. The molecule has 0 saturated carbocycles. The first-order valence-corrected chi connectivity index (χ1v) is 14.4. The summed E-state index contributed by atoms with van der Waals surface area (Å²) in [5.74, 6) is 0.200. The molecule has 9 heteroatoms. The molecule has 1 aliphatic heterocycles. The maximum Gasteiger partial charge on any atom is 0.138 e. The van der Waals surface area contributed by atoms with E-state index in [2.05, 4.69) is 41.8 Å². The summed E-state index contributed by atoms with van der Waals surface area (Å²) < 4.78 is 28.6. The molecule has 3 rings (SSSR count). The number of anilines is 1. The second-order valence-corrected chi connectivity index (χ2v) is 10.3. The van der Waals surface area contributed by atoms with Crippen LogP contribution in [0.25, 0.3) is 0 Å². The van der Waals surface area contributed by atoms with E-state index in [4.69, 9.17) is 23.7 Å². The summed E-state index contributed by atoms with van der Waals surface area (Å²) >= 11 is 0. The third-order valence-electron chi connectivity index (χ3n) is 7.05. The Bertz CT molecular complexity index is 959. The lowest BCUT2D eigenvalue weighted by Crippen LogP contribution is -2.51. The summed E-state index contributed by atoms with van der Waals surface area (Å²) in [5, 5.41) is 27.3. The van der Waals surface area contributed by atoms with Crippen LogP contribution >= 0.6 is 0 Å². The molecule has 0 amide bonds. The van der Waals surface area contributed by atoms with Gasteiger partial charge in [-0.25, -0.2) is 0 Å². The minimum Gasteiger partial charge on any atom is -0.506 e. The quantitative estimate of drug-likeness (QED) is 0.151. The fourth-order valence-corrected chi connectivity index (χ4v) is 4.89. The van der Waals surface area contributed by atoms with Crippen molar-refractivity contribution in [1.29, 1.82) is 0 Å². The topological polar surface area (TPSA) is 111 Å². The molecule has 0 aliphatic carbocycles. The summed E-state index contributed by atoms with van der Waals surface area (Å²) in [6, 6.07) is 13.9. The van der Waals surface area contributed by atoms with Crippen molar-refractivity contribution in [1.82, 2.24) is 5.32 Å². The van der Waals surface area contributed by atoms with Crippen molar-refractivity contribution < 1.29 is 33.9 Å². The number of hydrogen-bond donors (Lipinski definition) is 4. The number of aliphatic hydroxyl groups is 1. The molecule has 0 bridgehead atoms. The minimum atomic E-state index is -0.481. The smallest absolute Gasteiger partial charge is 0.138 e. The van der Waals surface area contributed by atoms with Crippen LogP contribution in [-0.2, 0) is 36.9 Å². The molecule has 224 valence electrons. The highest BCUT2D eigenvalue weighted by atomic mass is 16.5. The van der Waals surface area contributed by atoms with Gasteiger partial charge in [-0.05, 0) is 41.7 Å². The molecule has 4 N–H and O–H groups in total. The summed E-state index contributed by atoms with van der Waals surface area (Å²) in [6.45, 7) is 7.14. The highest BCUT2D eigenvalue weighted by Crippen LogP contribution is 2.32. The molecule has 1 saturated heterocycles. The number of aliphatic hydroxyl groups excluding tert-OH is 1. The van der Waals surface area contributed by atoms with Crippen molar-refractivity contribution in [3.8, 4) is 5.75 Å². The van der Waals surface area contributed by atoms with E-state index in [0.717, 1.165) is 29.5 Å². The van der Waals surface area contributed by atoms with Crippen LogP contribution in [0.4, 0.5) is 5.69 Å². The molecule has 2 aromatic carbocycles. The second-order valence-electron chi connectivity index (χ2n) is 10.3. The zero-order valence-electron chi connectivity index (χ0n) is 24.3. The normalized spacial score (nSPS) is 19.9. The van der Waals surface area contributed by atoms with E-state index in [1.54, 1.807) is 20.3 Å². The number of piperidine rings is 1. The van der Waals surface area contributed by atoms with Gasteiger partial charge < -0.3 is 44.5 Å². The molecule has 1 fully saturated rings. The van der Waals surface area contributed by atoms with Crippen LogP contribution in [0.15, 0.2) is 42.5 Å². The van der Waals surface area contributed by atoms with Gasteiger partial charge in [-0.15, -0.1) is 0 Å². The van der Waals surface area contributed by atoms with Gasteiger partial charge >= 0.3 is 0 Å². The first kappa shape index (κ1) is 32.3. The monoisotopic (exact) mass is 560 g/mol. The Labute approximate surface area is 239 Å². The third-order valence-corrected chi connectivity index (χ3v) is 7.05. The van der Waals surface area contributed by atoms with Crippen molar-refractivity contribution in [3.63, 3.8) is 0 Å². The molecular weight excluding hydrogens is 512 g/mol. The van der Waals surface area contributed by atoms with Gasteiger partial charge in [-0.3, -0.25) is 0 Å². The van der Waals surface area contributed by atoms with Gasteiger partial charge in [0.25, 0.3) is 0 Å². The Kier molecular flexibility index (Phi) is 14.7. The first-order valence-electron chi connectivity index (χ1n) is 14.4. The van der Waals surface area contributed by atoms with Crippen LogP contribution in [0.3, 0.4) is 0 Å². The molecule has 9 nitrogen and oxygen atoms in total. The molecule has 1 unspecified atom stereocenters. The Morgan fingerprint density at radius 3 is 2.38 bits per heavy atom. The minimum absolute atomic E-state index is 0.0118. The van der Waals surface area contributed by atoms with Crippen molar-refractivity contribution in [3.05, 3.63) is 59.2 Å². The first-order chi connectivity index (χ1) is 19.5. The van der Waals surface area contributed by atoms with E-state index in [-0.39, 0.29) is 23.9 Å². The number of ether oxygens (including phenoxy) is 5. The summed E-state index contributed by atoms with van der Waals surface area (Å²) in [6.07, 6.45) is 1.70. The average molecular weight is 561 g/mol. The maximum absolute atomic E-state index is 10.3. The number of phenolic OH excluding ortho intramolecular Hbond substituents is 1. The molecule has 1 heterocycles. The largest absolute Gasteiger partial charge is 0.506 e. The van der Waals surface area contributed by atoms with Crippen molar-refractivity contribution in [2.45, 2.75) is 63.6 Å². The van der Waals surface area contributed by atoms with Crippen molar-refractivity contribution in [2.75, 3.05) is 65.6 Å². The van der Waals surface area contributed by atoms with Crippen molar-refractivity contribution >= 4 is 5.69 Å². The van der Waals surface area contributed by atoms with Crippen LogP contribution in [0.1, 0.15) is 48.8 Å². The van der Waals surface area contributed by atoms with Gasteiger partial charge in [-0.1, -0.05) is 43.7 Å². The lowest BCUT2D eigenvalue weighted by atomic mass is 9.85. The zero-order chi connectivity index (χ0) is 28.6. The highest BCUT2D eigenvalue weighted by Gasteiger charge is 2.36. The van der Waals surface area contributed by atoms with Gasteiger partial charge in [0.15, 0.2) is 0 Å². The van der Waals surface area contributed by atoms with Crippen LogP contribution in [0.2, 0.25) is 0 Å². The van der Waals surface area contributed by atoms with Crippen LogP contribution in [0, 0.1) is 0 Å². The van der Waals surface area contributed by atoms with Gasteiger partial charge in [0, 0.05) is 46.4 Å². The van der Waals surface area contributed by atoms with E-state index in [1.165, 1.54) is 0 Å². The number of phenols is 1. The summed E-state index contributed by atoms with van der Waals surface area (Å²) in [7, 11) is 3.34. The Hall–Kier alpha value is -2.24. The van der Waals surface area contributed by atoms with E-state index >= 15 is 0 Å². The molecule has 40 heavy (non-hydrogen) atoms. The Morgan fingerprint density at radius 1 is 0.925 bits per heavy atom. The third kappa shape index (κ3) is 10.6. The Morgan fingerprint density at radius 2 is 1.65 bits per heavy atom. The summed E-state index contributed by atoms with van der Waals surface area (Å²) in [4.78, 5) is 0. The number of hydrogen-bond acceptors (Lipinski definition) is 9. The van der Waals surface area contributed by atoms with Gasteiger partial charge in [-0.2, -0.15) is 0 Å².